The molecule has 2 rings (SSSR count). The number of hydrogen-bond acceptors (Lipinski definition) is 3. The Morgan fingerprint density at radius 3 is 2.76 bits per heavy atom. The van der Waals surface area contributed by atoms with Crippen LogP contribution in [0, 0.1) is 0 Å². The highest BCUT2D eigenvalue weighted by atomic mass is 35.5. The van der Waals surface area contributed by atoms with Crippen molar-refractivity contribution in [3.63, 3.8) is 0 Å². The van der Waals surface area contributed by atoms with E-state index < -0.39 is 0 Å². The van der Waals surface area contributed by atoms with E-state index in [0.29, 0.717) is 17.1 Å². The van der Waals surface area contributed by atoms with Gasteiger partial charge >= 0.3 is 0 Å². The largest absolute Gasteiger partial charge is 0.496 e. The number of nitrogens with one attached hydrogen (secondary N) is 1. The van der Waals surface area contributed by atoms with Crippen LogP contribution in [0.5, 0.6) is 5.75 Å². The average molecular weight is 322 g/mol. The van der Waals surface area contributed by atoms with Crippen molar-refractivity contribution in [2.24, 2.45) is 0 Å². The molecular formula is C16H16ClNO2S. The number of benzene rings is 2. The molecule has 2 aromatic rings. The van der Waals surface area contributed by atoms with E-state index in [0.717, 1.165) is 16.2 Å². The molecule has 3 nitrogen and oxygen atoms in total. The van der Waals surface area contributed by atoms with Crippen molar-refractivity contribution in [2.75, 3.05) is 13.4 Å². The Morgan fingerprint density at radius 2 is 2.05 bits per heavy atom. The van der Waals surface area contributed by atoms with E-state index >= 15 is 0 Å². The minimum atomic E-state index is -0.193. The minimum absolute atomic E-state index is 0.193. The molecule has 21 heavy (non-hydrogen) atoms. The molecule has 0 unspecified atom stereocenters. The number of ether oxygens (including phenoxy) is 1. The summed E-state index contributed by atoms with van der Waals surface area (Å²) in [5.41, 5.74) is 1.41. The molecular weight excluding hydrogens is 306 g/mol. The highest BCUT2D eigenvalue weighted by Crippen LogP contribution is 2.23. The molecule has 110 valence electrons. The SMILES string of the molecule is COc1ccccc1CNC(=O)c1cc(SC)ccc1Cl. The second-order valence-electron chi connectivity index (χ2n) is 4.34. The van der Waals surface area contributed by atoms with Gasteiger partial charge in [-0.15, -0.1) is 11.8 Å². The first-order valence-corrected chi connectivity index (χ1v) is 7.99. The molecule has 0 radical (unpaired) electrons. The van der Waals surface area contributed by atoms with Crippen LogP contribution in [0.15, 0.2) is 47.4 Å². The lowest BCUT2D eigenvalue weighted by Gasteiger charge is -2.11. The lowest BCUT2D eigenvalue weighted by molar-refractivity contribution is 0.0950. The molecule has 0 atom stereocenters. The summed E-state index contributed by atoms with van der Waals surface area (Å²) in [7, 11) is 1.61. The van der Waals surface area contributed by atoms with Gasteiger partial charge in [-0.25, -0.2) is 0 Å². The fraction of sp³-hybridized carbons (Fsp3) is 0.188. The van der Waals surface area contributed by atoms with Gasteiger partial charge in [0, 0.05) is 17.0 Å². The predicted octanol–water partition coefficient (Wildman–Crippen LogP) is 4.00. The maximum atomic E-state index is 12.3. The normalized spacial score (nSPS) is 10.2. The number of hydrogen-bond donors (Lipinski definition) is 1. The van der Waals surface area contributed by atoms with Gasteiger partial charge in [-0.1, -0.05) is 29.8 Å². The molecule has 5 heteroatoms. The van der Waals surface area contributed by atoms with Gasteiger partial charge in [0.1, 0.15) is 5.75 Å². The molecule has 1 N–H and O–H groups in total. The van der Waals surface area contributed by atoms with E-state index in [1.807, 2.05) is 36.6 Å². The fourth-order valence-electron chi connectivity index (χ4n) is 1.93. The van der Waals surface area contributed by atoms with E-state index in [4.69, 9.17) is 16.3 Å². The third kappa shape index (κ3) is 3.93. The summed E-state index contributed by atoms with van der Waals surface area (Å²) in [6.45, 7) is 0.392. The third-order valence-corrected chi connectivity index (χ3v) is 4.10. The Labute approximate surface area is 133 Å². The van der Waals surface area contributed by atoms with Crippen molar-refractivity contribution >= 4 is 29.3 Å². The van der Waals surface area contributed by atoms with Gasteiger partial charge in [0.2, 0.25) is 0 Å². The minimum Gasteiger partial charge on any atom is -0.496 e. The van der Waals surface area contributed by atoms with Crippen LogP contribution in [0.3, 0.4) is 0 Å². The fourth-order valence-corrected chi connectivity index (χ4v) is 2.57. The molecule has 0 saturated carbocycles. The Balaban J connectivity index is 2.11. The molecule has 0 spiro atoms. The van der Waals surface area contributed by atoms with Crippen LogP contribution >= 0.6 is 23.4 Å². The number of rotatable bonds is 5. The van der Waals surface area contributed by atoms with Crippen molar-refractivity contribution in [2.45, 2.75) is 11.4 Å². The quantitative estimate of drug-likeness (QED) is 0.846. The van der Waals surface area contributed by atoms with E-state index in [2.05, 4.69) is 5.32 Å². The number of methoxy groups -OCH3 is 1. The monoisotopic (exact) mass is 321 g/mol. The first kappa shape index (κ1) is 15.7. The van der Waals surface area contributed by atoms with E-state index in [1.54, 1.807) is 31.0 Å². The Bertz CT molecular complexity index is 646. The number of carbonyl (C=O) groups excluding carboxylic acids is 1. The highest BCUT2D eigenvalue weighted by molar-refractivity contribution is 7.98. The number of thioether (sulfide) groups is 1. The van der Waals surface area contributed by atoms with E-state index in [9.17, 15) is 4.79 Å². The zero-order chi connectivity index (χ0) is 15.2. The van der Waals surface area contributed by atoms with Crippen LogP contribution in [-0.4, -0.2) is 19.3 Å². The summed E-state index contributed by atoms with van der Waals surface area (Å²) in [6, 6.07) is 13.0. The molecule has 1 amide bonds. The molecule has 0 aliphatic carbocycles. The van der Waals surface area contributed by atoms with Crippen LogP contribution in [0.2, 0.25) is 5.02 Å². The van der Waals surface area contributed by atoms with Crippen LogP contribution in [-0.2, 0) is 6.54 Å². The first-order chi connectivity index (χ1) is 10.2. The van der Waals surface area contributed by atoms with Gasteiger partial charge in [0.15, 0.2) is 0 Å². The number of halogens is 1. The lowest BCUT2D eigenvalue weighted by Crippen LogP contribution is -2.23. The van der Waals surface area contributed by atoms with Crippen molar-refractivity contribution in [1.82, 2.24) is 5.32 Å². The van der Waals surface area contributed by atoms with Crippen LogP contribution in [0.25, 0.3) is 0 Å². The smallest absolute Gasteiger partial charge is 0.253 e. The Morgan fingerprint density at radius 1 is 1.29 bits per heavy atom. The summed E-state index contributed by atoms with van der Waals surface area (Å²) >= 11 is 7.66. The second-order valence-corrected chi connectivity index (χ2v) is 5.63. The van der Waals surface area contributed by atoms with Crippen LogP contribution in [0.4, 0.5) is 0 Å². The van der Waals surface area contributed by atoms with Crippen LogP contribution in [0.1, 0.15) is 15.9 Å². The van der Waals surface area contributed by atoms with Gasteiger partial charge in [-0.05, 0) is 30.5 Å². The number of carbonyl (C=O) groups is 1. The van der Waals surface area contributed by atoms with Gasteiger partial charge in [-0.2, -0.15) is 0 Å². The van der Waals surface area contributed by atoms with Crippen LogP contribution < -0.4 is 10.1 Å². The zero-order valence-electron chi connectivity index (χ0n) is 11.9. The van der Waals surface area contributed by atoms with Gasteiger partial charge in [0.25, 0.3) is 5.91 Å². The maximum Gasteiger partial charge on any atom is 0.253 e. The summed E-state index contributed by atoms with van der Waals surface area (Å²) in [5.74, 6) is 0.559. The summed E-state index contributed by atoms with van der Waals surface area (Å²) in [4.78, 5) is 13.3. The second kappa shape index (κ2) is 7.38. The lowest BCUT2D eigenvalue weighted by atomic mass is 10.1. The number of para-hydroxylation sites is 1. The Hall–Kier alpha value is -1.65. The van der Waals surface area contributed by atoms with Crippen molar-refractivity contribution in [3.8, 4) is 5.75 Å². The highest BCUT2D eigenvalue weighted by Gasteiger charge is 2.12. The molecule has 0 aliphatic heterocycles. The molecule has 0 aliphatic rings. The Kier molecular flexibility index (Phi) is 5.53. The standard InChI is InChI=1S/C16H16ClNO2S/c1-20-15-6-4-3-5-11(15)10-18-16(19)13-9-12(21-2)7-8-14(13)17/h3-9H,10H2,1-2H3,(H,18,19). The molecule has 2 aromatic carbocycles. The van der Waals surface area contributed by atoms with Crippen molar-refractivity contribution < 1.29 is 9.53 Å². The summed E-state index contributed by atoms with van der Waals surface area (Å²) < 4.78 is 5.26. The third-order valence-electron chi connectivity index (χ3n) is 3.05. The zero-order valence-corrected chi connectivity index (χ0v) is 13.4. The predicted molar refractivity (Wildman–Crippen MR) is 87.4 cm³/mol. The van der Waals surface area contributed by atoms with Gasteiger partial charge in [-0.3, -0.25) is 4.79 Å². The van der Waals surface area contributed by atoms with E-state index in [1.165, 1.54) is 0 Å². The topological polar surface area (TPSA) is 38.3 Å². The molecule has 0 fully saturated rings. The number of amides is 1. The molecule has 0 aromatic heterocycles. The molecule has 0 saturated heterocycles. The first-order valence-electron chi connectivity index (χ1n) is 6.39. The average Bonchev–Trinajstić information content (AvgIpc) is 2.53. The van der Waals surface area contributed by atoms with Gasteiger partial charge in [0.05, 0.1) is 17.7 Å². The molecule has 0 heterocycles. The van der Waals surface area contributed by atoms with Crippen molar-refractivity contribution in [3.05, 3.63) is 58.6 Å². The summed E-state index contributed by atoms with van der Waals surface area (Å²) in [5, 5.41) is 3.32. The summed E-state index contributed by atoms with van der Waals surface area (Å²) in [6.07, 6.45) is 1.96. The van der Waals surface area contributed by atoms with E-state index in [-0.39, 0.29) is 5.91 Å². The van der Waals surface area contributed by atoms with Gasteiger partial charge < -0.3 is 10.1 Å². The van der Waals surface area contributed by atoms with Crippen molar-refractivity contribution in [1.29, 1.82) is 0 Å². The maximum absolute atomic E-state index is 12.3. The molecule has 0 bridgehead atoms.